The number of likely N-dealkylation sites (tertiary alicyclic amines) is 1. The lowest BCUT2D eigenvalue weighted by molar-refractivity contribution is 0.184. The normalized spacial score (nSPS) is 30.7. The minimum atomic E-state index is 0. The van der Waals surface area contributed by atoms with Crippen molar-refractivity contribution in [2.45, 2.75) is 26.3 Å². The molecule has 0 aromatic heterocycles. The molecule has 2 aliphatic rings. The van der Waals surface area contributed by atoms with Crippen LogP contribution >= 0.6 is 24.8 Å². The Morgan fingerprint density at radius 1 is 1.06 bits per heavy atom. The molecule has 5 heteroatoms. The topological polar surface area (TPSA) is 18.5 Å². The van der Waals surface area contributed by atoms with Crippen molar-refractivity contribution in [3.05, 3.63) is 0 Å². The van der Waals surface area contributed by atoms with E-state index in [0.29, 0.717) is 0 Å². The first-order valence-corrected chi connectivity index (χ1v) is 6.43. The molecule has 2 atom stereocenters. The predicted molar refractivity (Wildman–Crippen MR) is 78.6 cm³/mol. The van der Waals surface area contributed by atoms with Crippen LogP contribution < -0.4 is 5.32 Å². The first kappa shape index (κ1) is 17.5. The van der Waals surface area contributed by atoms with E-state index in [0.717, 1.165) is 12.0 Å². The molecule has 0 saturated carbocycles. The fourth-order valence-corrected chi connectivity index (χ4v) is 2.90. The lowest BCUT2D eigenvalue weighted by Gasteiger charge is -2.30. The molecule has 2 heterocycles. The van der Waals surface area contributed by atoms with Gasteiger partial charge in [-0.25, -0.2) is 0 Å². The zero-order chi connectivity index (χ0) is 10.7. The Hall–Kier alpha value is 0.460. The molecular weight excluding hydrogens is 257 g/mol. The number of piperazine rings is 1. The van der Waals surface area contributed by atoms with Crippen LogP contribution in [-0.4, -0.2) is 61.7 Å². The van der Waals surface area contributed by atoms with Crippen LogP contribution in [0.1, 0.15) is 20.3 Å². The average Bonchev–Trinajstić information content (AvgIpc) is 2.56. The van der Waals surface area contributed by atoms with E-state index >= 15 is 0 Å². The summed E-state index contributed by atoms with van der Waals surface area (Å²) in [7, 11) is 0. The van der Waals surface area contributed by atoms with Crippen LogP contribution in [0.25, 0.3) is 0 Å². The molecule has 0 aliphatic carbocycles. The van der Waals surface area contributed by atoms with Crippen LogP contribution in [0, 0.1) is 5.92 Å². The van der Waals surface area contributed by atoms with E-state index in [4.69, 9.17) is 0 Å². The highest BCUT2D eigenvalue weighted by atomic mass is 35.5. The van der Waals surface area contributed by atoms with Gasteiger partial charge in [0.15, 0.2) is 0 Å². The van der Waals surface area contributed by atoms with E-state index in [1.807, 2.05) is 0 Å². The Kier molecular flexibility index (Phi) is 8.77. The summed E-state index contributed by atoms with van der Waals surface area (Å²) in [6.45, 7) is 13.4. The number of nitrogens with zero attached hydrogens (tertiary/aromatic N) is 2. The zero-order valence-electron chi connectivity index (χ0n) is 11.0. The SMILES string of the molecule is CC1CC(C)N(CCN2CCNCC2)C1.Cl.Cl. The van der Waals surface area contributed by atoms with Crippen molar-refractivity contribution in [3.63, 3.8) is 0 Å². The highest BCUT2D eigenvalue weighted by Gasteiger charge is 2.25. The summed E-state index contributed by atoms with van der Waals surface area (Å²) in [6.07, 6.45) is 1.39. The van der Waals surface area contributed by atoms with Crippen LogP contribution in [0.2, 0.25) is 0 Å². The molecule has 0 aromatic rings. The fourth-order valence-electron chi connectivity index (χ4n) is 2.90. The fraction of sp³-hybridized carbons (Fsp3) is 1.00. The molecule has 2 rings (SSSR count). The number of hydrogen-bond acceptors (Lipinski definition) is 3. The molecule has 1 N–H and O–H groups in total. The Balaban J connectivity index is 0.00000128. The minimum absolute atomic E-state index is 0. The summed E-state index contributed by atoms with van der Waals surface area (Å²) in [6, 6.07) is 0.808. The second-order valence-electron chi connectivity index (χ2n) is 5.28. The Morgan fingerprint density at radius 2 is 1.71 bits per heavy atom. The van der Waals surface area contributed by atoms with Crippen molar-refractivity contribution in [3.8, 4) is 0 Å². The lowest BCUT2D eigenvalue weighted by atomic mass is 10.1. The first-order valence-electron chi connectivity index (χ1n) is 6.43. The van der Waals surface area contributed by atoms with Crippen molar-refractivity contribution < 1.29 is 0 Å². The summed E-state index contributed by atoms with van der Waals surface area (Å²) >= 11 is 0. The summed E-state index contributed by atoms with van der Waals surface area (Å²) in [5.74, 6) is 0.906. The van der Waals surface area contributed by atoms with E-state index < -0.39 is 0 Å². The summed E-state index contributed by atoms with van der Waals surface area (Å²) in [5.41, 5.74) is 0. The van der Waals surface area contributed by atoms with Gasteiger partial charge in [0.1, 0.15) is 0 Å². The molecule has 0 spiro atoms. The van der Waals surface area contributed by atoms with Gasteiger partial charge < -0.3 is 5.32 Å². The molecule has 2 saturated heterocycles. The smallest absolute Gasteiger partial charge is 0.0112 e. The maximum atomic E-state index is 3.40. The van der Waals surface area contributed by atoms with Crippen molar-refractivity contribution >= 4 is 24.8 Å². The summed E-state index contributed by atoms with van der Waals surface area (Å²) < 4.78 is 0. The summed E-state index contributed by atoms with van der Waals surface area (Å²) in [4.78, 5) is 5.25. The maximum Gasteiger partial charge on any atom is 0.0112 e. The van der Waals surface area contributed by atoms with Gasteiger partial charge >= 0.3 is 0 Å². The number of hydrogen-bond donors (Lipinski definition) is 1. The van der Waals surface area contributed by atoms with Crippen molar-refractivity contribution in [2.24, 2.45) is 5.92 Å². The molecule has 0 radical (unpaired) electrons. The molecule has 2 unspecified atom stereocenters. The first-order chi connectivity index (χ1) is 7.25. The van der Waals surface area contributed by atoms with Gasteiger partial charge in [0.2, 0.25) is 0 Å². The second-order valence-corrected chi connectivity index (χ2v) is 5.28. The largest absolute Gasteiger partial charge is 0.314 e. The highest BCUT2D eigenvalue weighted by molar-refractivity contribution is 5.85. The molecule has 17 heavy (non-hydrogen) atoms. The standard InChI is InChI=1S/C12H25N3.2ClH/c1-11-9-12(2)15(10-11)8-7-14-5-3-13-4-6-14;;/h11-13H,3-10H2,1-2H3;2*1H. The van der Waals surface area contributed by atoms with Crippen LogP contribution in [0.4, 0.5) is 0 Å². The van der Waals surface area contributed by atoms with Gasteiger partial charge in [-0.15, -0.1) is 24.8 Å². The minimum Gasteiger partial charge on any atom is -0.314 e. The molecule has 0 aromatic carbocycles. The molecule has 0 bridgehead atoms. The lowest BCUT2D eigenvalue weighted by Crippen LogP contribution is -2.46. The molecule has 104 valence electrons. The quantitative estimate of drug-likeness (QED) is 0.846. The van der Waals surface area contributed by atoms with E-state index in [9.17, 15) is 0 Å². The van der Waals surface area contributed by atoms with Crippen LogP contribution in [0.3, 0.4) is 0 Å². The van der Waals surface area contributed by atoms with Gasteiger partial charge in [-0.05, 0) is 19.3 Å². The Labute approximate surface area is 118 Å². The van der Waals surface area contributed by atoms with E-state index in [1.54, 1.807) is 0 Å². The monoisotopic (exact) mass is 283 g/mol. The van der Waals surface area contributed by atoms with Gasteiger partial charge in [0.05, 0.1) is 0 Å². The van der Waals surface area contributed by atoms with Crippen molar-refractivity contribution in [2.75, 3.05) is 45.8 Å². The third kappa shape index (κ3) is 5.31. The van der Waals surface area contributed by atoms with Gasteiger partial charge in [-0.3, -0.25) is 9.80 Å². The zero-order valence-corrected chi connectivity index (χ0v) is 12.7. The van der Waals surface area contributed by atoms with Gasteiger partial charge in [0, 0.05) is 51.9 Å². The van der Waals surface area contributed by atoms with Crippen LogP contribution in [0.15, 0.2) is 0 Å². The van der Waals surface area contributed by atoms with E-state index in [2.05, 4.69) is 29.0 Å². The Bertz CT molecular complexity index is 198. The maximum absolute atomic E-state index is 3.40. The third-order valence-corrected chi connectivity index (χ3v) is 3.83. The summed E-state index contributed by atoms with van der Waals surface area (Å²) in [5, 5.41) is 3.40. The van der Waals surface area contributed by atoms with E-state index in [1.165, 1.54) is 52.2 Å². The predicted octanol–water partition coefficient (Wildman–Crippen LogP) is 1.47. The van der Waals surface area contributed by atoms with Crippen molar-refractivity contribution in [1.29, 1.82) is 0 Å². The van der Waals surface area contributed by atoms with Crippen LogP contribution in [-0.2, 0) is 0 Å². The average molecular weight is 284 g/mol. The number of rotatable bonds is 3. The molecule has 2 fully saturated rings. The third-order valence-electron chi connectivity index (χ3n) is 3.83. The second kappa shape index (κ2) is 8.54. The van der Waals surface area contributed by atoms with Gasteiger partial charge in [-0.2, -0.15) is 0 Å². The number of nitrogens with one attached hydrogen (secondary N) is 1. The molecule has 3 nitrogen and oxygen atoms in total. The molecule has 0 amide bonds. The van der Waals surface area contributed by atoms with Crippen molar-refractivity contribution in [1.82, 2.24) is 15.1 Å². The van der Waals surface area contributed by atoms with Crippen LogP contribution in [0.5, 0.6) is 0 Å². The highest BCUT2D eigenvalue weighted by Crippen LogP contribution is 2.21. The Morgan fingerprint density at radius 3 is 2.24 bits per heavy atom. The van der Waals surface area contributed by atoms with Gasteiger partial charge in [-0.1, -0.05) is 6.92 Å². The van der Waals surface area contributed by atoms with Gasteiger partial charge in [0.25, 0.3) is 0 Å². The number of halogens is 2. The molecule has 2 aliphatic heterocycles. The van der Waals surface area contributed by atoms with E-state index in [-0.39, 0.29) is 24.8 Å². The molecular formula is C12H27Cl2N3.